The Morgan fingerprint density at radius 1 is 1.13 bits per heavy atom. The molecule has 1 aliphatic carbocycles. The molecule has 4 aromatic heterocycles. The smallest absolute Gasteiger partial charge is 0.294 e. The lowest BCUT2D eigenvalue weighted by atomic mass is 9.75. The second kappa shape index (κ2) is 10.2. The van der Waals surface area contributed by atoms with E-state index in [1.165, 1.54) is 12.6 Å². The third-order valence-electron chi connectivity index (χ3n) is 7.75. The van der Waals surface area contributed by atoms with Crippen LogP contribution in [0.4, 0.5) is 5.69 Å². The molecule has 4 aromatic rings. The zero-order valence-corrected chi connectivity index (χ0v) is 22.1. The molecule has 12 heteroatoms. The van der Waals surface area contributed by atoms with Crippen molar-refractivity contribution in [3.63, 3.8) is 0 Å². The van der Waals surface area contributed by atoms with E-state index in [0.717, 1.165) is 50.3 Å². The van der Waals surface area contributed by atoms with Crippen LogP contribution in [0.15, 0.2) is 43.0 Å². The number of anilines is 1. The lowest BCUT2D eigenvalue weighted by Gasteiger charge is -2.52. The van der Waals surface area contributed by atoms with Gasteiger partial charge in [-0.15, -0.1) is 10.2 Å². The number of aromatic nitrogens is 6. The first-order valence-corrected chi connectivity index (χ1v) is 13.1. The van der Waals surface area contributed by atoms with Crippen LogP contribution in [0.5, 0.6) is 0 Å². The number of aryl methyl sites for hydroxylation is 2. The molecule has 2 aliphatic rings. The highest BCUT2D eigenvalue weighted by Crippen LogP contribution is 2.39. The number of carbonyl (C=O) groups is 2. The number of nitrogens with zero attached hydrogens (tertiary/aromatic N) is 7. The Labute approximate surface area is 225 Å². The number of hydrogen-bond donors (Lipinski definition) is 2. The van der Waals surface area contributed by atoms with Crippen molar-refractivity contribution in [2.75, 3.05) is 38.2 Å². The predicted molar refractivity (Wildman–Crippen MR) is 143 cm³/mol. The molecule has 1 spiro atoms. The monoisotopic (exact) mass is 529 g/mol. The van der Waals surface area contributed by atoms with Crippen molar-refractivity contribution < 1.29 is 14.3 Å². The van der Waals surface area contributed by atoms with E-state index in [9.17, 15) is 9.59 Å². The molecule has 0 atom stereocenters. The van der Waals surface area contributed by atoms with Gasteiger partial charge in [-0.1, -0.05) is 0 Å². The van der Waals surface area contributed by atoms with Gasteiger partial charge in [0.05, 0.1) is 36.4 Å². The van der Waals surface area contributed by atoms with Gasteiger partial charge in [0.1, 0.15) is 0 Å². The van der Waals surface area contributed by atoms with E-state index in [2.05, 4.69) is 35.8 Å². The molecule has 6 rings (SSSR count). The fourth-order valence-corrected chi connectivity index (χ4v) is 5.32. The van der Waals surface area contributed by atoms with Crippen molar-refractivity contribution in [1.82, 2.24) is 39.6 Å². The minimum atomic E-state index is -0.447. The molecule has 0 radical (unpaired) electrons. The normalized spacial score (nSPS) is 16.8. The number of morpholine rings is 1. The highest BCUT2D eigenvalue weighted by atomic mass is 16.5. The van der Waals surface area contributed by atoms with Gasteiger partial charge < -0.3 is 15.4 Å². The molecule has 1 saturated carbocycles. The molecule has 2 N–H and O–H groups in total. The first-order valence-electron chi connectivity index (χ1n) is 13.1. The van der Waals surface area contributed by atoms with E-state index in [0.29, 0.717) is 29.1 Å². The van der Waals surface area contributed by atoms with Gasteiger partial charge in [-0.25, -0.2) is 0 Å². The van der Waals surface area contributed by atoms with Gasteiger partial charge in [0.2, 0.25) is 5.82 Å². The standard InChI is InChI=1S/C27H31N9O3/c1-18-22(12-20(14-29-18)25(37)28-7-9-35-10-11-39-17-27(35)5-3-6-27)31-26(38)24-33-32-23-13-19(4-8-36(23)24)21-15-30-34(2)16-21/h4,8,12-16H,3,5-7,9-11,17H2,1-2H3,(H,28,37)(H,31,38). The molecule has 12 nitrogen and oxygen atoms in total. The SMILES string of the molecule is Cc1ncc(C(=O)NCCN2CCOCC23CCC3)cc1NC(=O)c1nnc2cc(-c3cnn(C)c3)ccn12. The van der Waals surface area contributed by atoms with Gasteiger partial charge >= 0.3 is 0 Å². The maximum absolute atomic E-state index is 13.1. The van der Waals surface area contributed by atoms with E-state index in [-0.39, 0.29) is 17.3 Å². The van der Waals surface area contributed by atoms with Crippen LogP contribution in [0.2, 0.25) is 0 Å². The van der Waals surface area contributed by atoms with Gasteiger partial charge in [0, 0.05) is 56.4 Å². The molecule has 1 saturated heterocycles. The fourth-order valence-electron chi connectivity index (χ4n) is 5.32. The summed E-state index contributed by atoms with van der Waals surface area (Å²) in [6.45, 7) is 5.48. The molecule has 2 amide bonds. The Bertz CT molecular complexity index is 1540. The number of amides is 2. The van der Waals surface area contributed by atoms with Crippen molar-refractivity contribution >= 4 is 23.1 Å². The Balaban J connectivity index is 1.11. The van der Waals surface area contributed by atoms with E-state index in [1.54, 1.807) is 34.5 Å². The van der Waals surface area contributed by atoms with E-state index in [4.69, 9.17) is 4.74 Å². The van der Waals surface area contributed by atoms with E-state index < -0.39 is 5.91 Å². The highest BCUT2D eigenvalue weighted by Gasteiger charge is 2.44. The Hall–Kier alpha value is -4.16. The van der Waals surface area contributed by atoms with Gasteiger partial charge in [-0.3, -0.25) is 28.6 Å². The topological polar surface area (TPSA) is 132 Å². The Morgan fingerprint density at radius 3 is 2.77 bits per heavy atom. The Kier molecular flexibility index (Phi) is 6.57. The number of fused-ring (bicyclic) bond motifs is 1. The van der Waals surface area contributed by atoms with E-state index >= 15 is 0 Å². The van der Waals surface area contributed by atoms with Crippen molar-refractivity contribution in [2.45, 2.75) is 31.7 Å². The third-order valence-corrected chi connectivity index (χ3v) is 7.75. The summed E-state index contributed by atoms with van der Waals surface area (Å²) in [4.78, 5) is 32.8. The molecule has 2 fully saturated rings. The number of hydrogen-bond acceptors (Lipinski definition) is 8. The van der Waals surface area contributed by atoms with Gasteiger partial charge in [0.25, 0.3) is 11.8 Å². The van der Waals surface area contributed by atoms with Crippen molar-refractivity contribution in [1.29, 1.82) is 0 Å². The molecular weight excluding hydrogens is 498 g/mol. The van der Waals surface area contributed by atoms with Crippen LogP contribution >= 0.6 is 0 Å². The van der Waals surface area contributed by atoms with Crippen LogP contribution in [0.1, 0.15) is 45.9 Å². The van der Waals surface area contributed by atoms with Crippen molar-refractivity contribution in [2.24, 2.45) is 7.05 Å². The second-order valence-corrected chi connectivity index (χ2v) is 10.3. The average molecular weight is 530 g/mol. The molecule has 0 aromatic carbocycles. The second-order valence-electron chi connectivity index (χ2n) is 10.3. The summed E-state index contributed by atoms with van der Waals surface area (Å²) in [6.07, 6.45) is 10.5. The average Bonchev–Trinajstić information content (AvgIpc) is 3.55. The number of pyridine rings is 2. The number of nitrogens with one attached hydrogen (secondary N) is 2. The number of ether oxygens (including phenoxy) is 1. The molecule has 0 bridgehead atoms. The third kappa shape index (κ3) is 4.88. The summed E-state index contributed by atoms with van der Waals surface area (Å²) in [5, 5.41) is 18.3. The van der Waals surface area contributed by atoms with E-state index in [1.807, 2.05) is 25.4 Å². The van der Waals surface area contributed by atoms with Crippen LogP contribution in [0, 0.1) is 6.92 Å². The minimum absolute atomic E-state index is 0.132. The van der Waals surface area contributed by atoms with Gasteiger partial charge in [-0.05, 0) is 49.9 Å². The summed E-state index contributed by atoms with van der Waals surface area (Å²) < 4.78 is 9.04. The zero-order chi connectivity index (χ0) is 27.0. The van der Waals surface area contributed by atoms with Crippen LogP contribution in [0.25, 0.3) is 16.8 Å². The first-order chi connectivity index (χ1) is 18.9. The fraction of sp³-hybridized carbons (Fsp3) is 0.407. The number of carbonyl (C=O) groups excluding carboxylic acids is 2. The maximum Gasteiger partial charge on any atom is 0.294 e. The molecular formula is C27H31N9O3. The van der Waals surface area contributed by atoms with Gasteiger partial charge in [-0.2, -0.15) is 5.10 Å². The quantitative estimate of drug-likeness (QED) is 0.372. The predicted octanol–water partition coefficient (Wildman–Crippen LogP) is 2.07. The van der Waals surface area contributed by atoms with Crippen LogP contribution in [0.3, 0.4) is 0 Å². The lowest BCUT2D eigenvalue weighted by Crippen LogP contribution is -2.62. The van der Waals surface area contributed by atoms with Gasteiger partial charge in [0.15, 0.2) is 5.65 Å². The molecule has 0 unspecified atom stereocenters. The molecule has 202 valence electrons. The highest BCUT2D eigenvalue weighted by molar-refractivity contribution is 6.03. The number of rotatable bonds is 7. The van der Waals surface area contributed by atoms with Crippen molar-refractivity contribution in [3.05, 3.63) is 60.1 Å². The zero-order valence-electron chi connectivity index (χ0n) is 22.1. The summed E-state index contributed by atoms with van der Waals surface area (Å²) in [6, 6.07) is 5.37. The molecule has 1 aliphatic heterocycles. The van der Waals surface area contributed by atoms with Crippen molar-refractivity contribution in [3.8, 4) is 11.1 Å². The largest absolute Gasteiger partial charge is 0.378 e. The Morgan fingerprint density at radius 2 is 2.00 bits per heavy atom. The first kappa shape index (κ1) is 25.1. The summed E-state index contributed by atoms with van der Waals surface area (Å²) in [7, 11) is 1.85. The summed E-state index contributed by atoms with van der Waals surface area (Å²) >= 11 is 0. The summed E-state index contributed by atoms with van der Waals surface area (Å²) in [5.41, 5.74) is 3.96. The summed E-state index contributed by atoms with van der Waals surface area (Å²) in [5.74, 6) is -0.547. The minimum Gasteiger partial charge on any atom is -0.378 e. The van der Waals surface area contributed by atoms with Crippen LogP contribution in [-0.4, -0.2) is 84.5 Å². The van der Waals surface area contributed by atoms with Crippen LogP contribution in [-0.2, 0) is 11.8 Å². The molecule has 39 heavy (non-hydrogen) atoms. The molecule has 5 heterocycles. The maximum atomic E-state index is 13.1. The lowest BCUT2D eigenvalue weighted by molar-refractivity contribution is -0.105. The van der Waals surface area contributed by atoms with Crippen LogP contribution < -0.4 is 10.6 Å².